The van der Waals surface area contributed by atoms with E-state index >= 15 is 0 Å². The van der Waals surface area contributed by atoms with E-state index in [1.54, 1.807) is 31.4 Å². The van der Waals surface area contributed by atoms with Gasteiger partial charge >= 0.3 is 11.8 Å². The first kappa shape index (κ1) is 20.5. The van der Waals surface area contributed by atoms with Crippen LogP contribution in [0, 0.1) is 5.82 Å². The van der Waals surface area contributed by atoms with Crippen LogP contribution in [0.15, 0.2) is 48.5 Å². The topological polar surface area (TPSA) is 79.0 Å². The van der Waals surface area contributed by atoms with Crippen LogP contribution < -0.4 is 5.32 Å². The average Bonchev–Trinajstić information content (AvgIpc) is 2.73. The number of nitrogens with one attached hydrogen (secondary N) is 1. The van der Waals surface area contributed by atoms with Gasteiger partial charge in [-0.1, -0.05) is 12.1 Å². The van der Waals surface area contributed by atoms with Crippen molar-refractivity contribution in [2.45, 2.75) is 6.54 Å². The van der Waals surface area contributed by atoms with Gasteiger partial charge in [0.05, 0.1) is 6.61 Å². The van der Waals surface area contributed by atoms with Crippen molar-refractivity contribution in [2.75, 3.05) is 38.7 Å². The molecule has 0 atom stereocenters. The largest absolute Gasteiger partial charge is 0.383 e. The van der Waals surface area contributed by atoms with Crippen molar-refractivity contribution in [3.05, 3.63) is 65.5 Å². The van der Waals surface area contributed by atoms with Crippen LogP contribution in [0.1, 0.15) is 15.9 Å². The van der Waals surface area contributed by atoms with Crippen molar-refractivity contribution in [1.29, 1.82) is 0 Å². The first-order valence-electron chi connectivity index (χ1n) is 9.21. The highest BCUT2D eigenvalue weighted by Crippen LogP contribution is 2.14. The Morgan fingerprint density at radius 3 is 2.28 bits per heavy atom. The third-order valence-electron chi connectivity index (χ3n) is 4.65. The van der Waals surface area contributed by atoms with Gasteiger partial charge in [-0.05, 0) is 42.0 Å². The molecule has 0 saturated carbocycles. The predicted octanol–water partition coefficient (Wildman–Crippen LogP) is 1.90. The number of piperazine rings is 1. The number of hydrogen-bond acceptors (Lipinski definition) is 4. The predicted molar refractivity (Wildman–Crippen MR) is 105 cm³/mol. The Hall–Kier alpha value is -3.26. The van der Waals surface area contributed by atoms with Crippen LogP contribution in [0.2, 0.25) is 0 Å². The van der Waals surface area contributed by atoms with Gasteiger partial charge in [-0.2, -0.15) is 0 Å². The molecule has 0 spiro atoms. The molecule has 1 saturated heterocycles. The summed E-state index contributed by atoms with van der Waals surface area (Å²) in [5.74, 6) is -1.75. The number of benzene rings is 2. The van der Waals surface area contributed by atoms with Gasteiger partial charge in [-0.3, -0.25) is 14.4 Å². The summed E-state index contributed by atoms with van der Waals surface area (Å²) in [7, 11) is 1.55. The number of carbonyl (C=O) groups is 3. The van der Waals surface area contributed by atoms with Crippen molar-refractivity contribution in [1.82, 2.24) is 9.80 Å². The molecule has 152 valence electrons. The maximum absolute atomic E-state index is 12.9. The van der Waals surface area contributed by atoms with Crippen molar-refractivity contribution in [3.8, 4) is 0 Å². The van der Waals surface area contributed by atoms with Crippen LogP contribution in [0.4, 0.5) is 10.1 Å². The van der Waals surface area contributed by atoms with Crippen molar-refractivity contribution < 1.29 is 23.5 Å². The Bertz CT molecular complexity index is 884. The van der Waals surface area contributed by atoms with Crippen molar-refractivity contribution in [3.63, 3.8) is 0 Å². The zero-order chi connectivity index (χ0) is 20.8. The molecule has 3 rings (SSSR count). The fraction of sp³-hybridized carbons (Fsp3) is 0.286. The molecule has 2 aromatic carbocycles. The minimum atomic E-state index is -0.537. The second kappa shape index (κ2) is 9.29. The summed E-state index contributed by atoms with van der Waals surface area (Å²) in [6.45, 7) is 1.99. The van der Waals surface area contributed by atoms with E-state index in [4.69, 9.17) is 4.74 Å². The lowest BCUT2D eigenvalue weighted by Gasteiger charge is -2.33. The van der Waals surface area contributed by atoms with Crippen LogP contribution in [-0.2, 0) is 20.9 Å². The van der Waals surface area contributed by atoms with Crippen LogP contribution in [-0.4, -0.2) is 60.9 Å². The lowest BCUT2D eigenvalue weighted by Crippen LogP contribution is -2.54. The minimum Gasteiger partial charge on any atom is -0.383 e. The Morgan fingerprint density at radius 1 is 1.00 bits per heavy atom. The molecule has 2 aromatic rings. The quantitative estimate of drug-likeness (QED) is 0.722. The summed E-state index contributed by atoms with van der Waals surface area (Å²) in [6, 6.07) is 12.3. The standard InChI is InChI=1S/C21H22FN3O4/c1-29-13-12-24-10-11-25(21(28)20(24)27)14-15-2-4-16(5-3-15)19(26)23-18-8-6-17(22)7-9-18/h2-9H,10-14H2,1H3,(H,23,26). The molecule has 3 amide bonds. The van der Waals surface area contributed by atoms with E-state index in [0.717, 1.165) is 5.56 Å². The molecule has 0 unspecified atom stereocenters. The number of anilines is 1. The average molecular weight is 399 g/mol. The number of methoxy groups -OCH3 is 1. The molecule has 7 nitrogen and oxygen atoms in total. The number of ether oxygens (including phenoxy) is 1. The van der Waals surface area contributed by atoms with Gasteiger partial charge in [-0.15, -0.1) is 0 Å². The number of amides is 3. The highest BCUT2D eigenvalue weighted by Gasteiger charge is 2.32. The molecule has 1 aliphatic rings. The van der Waals surface area contributed by atoms with Crippen molar-refractivity contribution >= 4 is 23.4 Å². The smallest absolute Gasteiger partial charge is 0.312 e. The molecule has 0 aliphatic carbocycles. The molecule has 29 heavy (non-hydrogen) atoms. The highest BCUT2D eigenvalue weighted by molar-refractivity contribution is 6.35. The van der Waals surface area contributed by atoms with E-state index < -0.39 is 11.8 Å². The zero-order valence-electron chi connectivity index (χ0n) is 16.1. The van der Waals surface area contributed by atoms with E-state index in [0.29, 0.717) is 44.0 Å². The van der Waals surface area contributed by atoms with E-state index in [1.807, 2.05) is 0 Å². The third kappa shape index (κ3) is 5.17. The number of rotatable bonds is 7. The normalized spacial score (nSPS) is 14.3. The molecule has 1 aliphatic heterocycles. The molecular formula is C21H22FN3O4. The minimum absolute atomic E-state index is 0.294. The molecule has 0 bridgehead atoms. The number of halogens is 1. The second-order valence-electron chi connectivity index (χ2n) is 6.67. The lowest BCUT2D eigenvalue weighted by atomic mass is 10.1. The SMILES string of the molecule is COCCN1CCN(Cc2ccc(C(=O)Nc3ccc(F)cc3)cc2)C(=O)C1=O. The van der Waals surface area contributed by atoms with E-state index in [1.165, 1.54) is 34.1 Å². The van der Waals surface area contributed by atoms with Gasteiger partial charge in [-0.25, -0.2) is 4.39 Å². The Labute approximate surface area is 168 Å². The Kier molecular flexibility index (Phi) is 6.56. The third-order valence-corrected chi connectivity index (χ3v) is 4.65. The van der Waals surface area contributed by atoms with Crippen LogP contribution in [0.3, 0.4) is 0 Å². The van der Waals surface area contributed by atoms with Gasteiger partial charge in [0, 0.05) is 44.5 Å². The number of nitrogens with zero attached hydrogens (tertiary/aromatic N) is 2. The molecular weight excluding hydrogens is 377 g/mol. The molecule has 8 heteroatoms. The molecule has 1 fully saturated rings. The van der Waals surface area contributed by atoms with Gasteiger partial charge in [0.2, 0.25) is 0 Å². The van der Waals surface area contributed by atoms with E-state index in [9.17, 15) is 18.8 Å². The summed E-state index contributed by atoms with van der Waals surface area (Å²) in [5, 5.41) is 2.69. The maximum Gasteiger partial charge on any atom is 0.312 e. The number of hydrogen-bond donors (Lipinski definition) is 1. The van der Waals surface area contributed by atoms with Crippen molar-refractivity contribution in [2.24, 2.45) is 0 Å². The second-order valence-corrected chi connectivity index (χ2v) is 6.67. The van der Waals surface area contributed by atoms with Crippen LogP contribution in [0.25, 0.3) is 0 Å². The van der Waals surface area contributed by atoms with Gasteiger partial charge in [0.15, 0.2) is 0 Å². The first-order valence-corrected chi connectivity index (χ1v) is 9.21. The maximum atomic E-state index is 12.9. The monoisotopic (exact) mass is 399 g/mol. The fourth-order valence-corrected chi connectivity index (χ4v) is 3.00. The van der Waals surface area contributed by atoms with Gasteiger partial charge in [0.1, 0.15) is 5.82 Å². The summed E-state index contributed by atoms with van der Waals surface area (Å²) in [4.78, 5) is 39.8. The van der Waals surface area contributed by atoms with E-state index in [-0.39, 0.29) is 11.7 Å². The first-order chi connectivity index (χ1) is 14.0. The van der Waals surface area contributed by atoms with Crippen LogP contribution in [0.5, 0.6) is 0 Å². The highest BCUT2D eigenvalue weighted by atomic mass is 19.1. The molecule has 1 N–H and O–H groups in total. The molecule has 0 aromatic heterocycles. The summed E-state index contributed by atoms with van der Waals surface area (Å²) < 4.78 is 17.9. The number of carbonyl (C=O) groups excluding carboxylic acids is 3. The Balaban J connectivity index is 1.57. The van der Waals surface area contributed by atoms with Gasteiger partial charge in [0.25, 0.3) is 5.91 Å². The Morgan fingerprint density at radius 2 is 1.62 bits per heavy atom. The molecule has 1 heterocycles. The summed E-state index contributed by atoms with van der Waals surface area (Å²) in [6.07, 6.45) is 0. The summed E-state index contributed by atoms with van der Waals surface area (Å²) in [5.41, 5.74) is 1.75. The fourth-order valence-electron chi connectivity index (χ4n) is 3.00. The van der Waals surface area contributed by atoms with Crippen LogP contribution >= 0.6 is 0 Å². The van der Waals surface area contributed by atoms with E-state index in [2.05, 4.69) is 5.32 Å². The molecule has 0 radical (unpaired) electrons. The summed E-state index contributed by atoms with van der Waals surface area (Å²) >= 11 is 0. The lowest BCUT2D eigenvalue weighted by molar-refractivity contribution is -0.156. The van der Waals surface area contributed by atoms with Gasteiger partial charge < -0.3 is 19.9 Å². The zero-order valence-corrected chi connectivity index (χ0v) is 16.1.